The molecule has 0 aliphatic heterocycles. The number of anilines is 1. The number of ether oxygens (including phenoxy) is 1. The van der Waals surface area contributed by atoms with E-state index < -0.39 is 10.8 Å². The van der Waals surface area contributed by atoms with E-state index in [1.54, 1.807) is 13.2 Å². The van der Waals surface area contributed by atoms with Gasteiger partial charge in [0.2, 0.25) is 5.13 Å². The Hall–Kier alpha value is -1.18. The molecule has 0 saturated heterocycles. The van der Waals surface area contributed by atoms with Crippen LogP contribution in [0.4, 0.5) is 5.13 Å². The van der Waals surface area contributed by atoms with Crippen LogP contribution in [0.15, 0.2) is 18.2 Å². The summed E-state index contributed by atoms with van der Waals surface area (Å²) in [6, 6.07) is 5.36. The van der Waals surface area contributed by atoms with Crippen molar-refractivity contribution in [3.8, 4) is 5.75 Å². The fourth-order valence-corrected chi connectivity index (χ4v) is 3.74. The first-order valence-electron chi connectivity index (χ1n) is 6.17. The third-order valence-corrected chi connectivity index (χ3v) is 5.19. The number of hydrogen-bond donors (Lipinski definition) is 0. The van der Waals surface area contributed by atoms with Crippen molar-refractivity contribution in [3.63, 3.8) is 0 Å². The lowest BCUT2D eigenvalue weighted by Crippen LogP contribution is -2.08. The van der Waals surface area contributed by atoms with E-state index >= 15 is 0 Å². The minimum Gasteiger partial charge on any atom is -0.497 e. The molecule has 8 heteroatoms. The minimum absolute atomic E-state index is 0.326. The van der Waals surface area contributed by atoms with E-state index in [1.165, 1.54) is 11.5 Å². The Morgan fingerprint density at radius 2 is 2.14 bits per heavy atom. The summed E-state index contributed by atoms with van der Waals surface area (Å²) >= 11 is 7.45. The van der Waals surface area contributed by atoms with Gasteiger partial charge in [0.05, 0.1) is 18.6 Å². The molecule has 0 fully saturated rings. The van der Waals surface area contributed by atoms with Gasteiger partial charge in [-0.05, 0) is 17.7 Å². The van der Waals surface area contributed by atoms with E-state index in [4.69, 9.17) is 16.3 Å². The number of methoxy groups -OCH3 is 1. The first-order chi connectivity index (χ1) is 9.99. The van der Waals surface area contributed by atoms with Gasteiger partial charge in [0.1, 0.15) is 5.75 Å². The van der Waals surface area contributed by atoms with Gasteiger partial charge in [-0.2, -0.15) is 4.37 Å². The molecule has 114 valence electrons. The average molecular weight is 346 g/mol. The highest BCUT2D eigenvalue weighted by Crippen LogP contribution is 2.24. The van der Waals surface area contributed by atoms with Gasteiger partial charge in [-0.15, -0.1) is 0 Å². The Bertz CT molecular complexity index is 646. The van der Waals surface area contributed by atoms with Crippen LogP contribution >= 0.6 is 23.1 Å². The van der Waals surface area contributed by atoms with Crippen LogP contribution in [-0.4, -0.2) is 34.8 Å². The maximum atomic E-state index is 12.2. The van der Waals surface area contributed by atoms with Crippen molar-refractivity contribution in [1.82, 2.24) is 9.36 Å². The summed E-state index contributed by atoms with van der Waals surface area (Å²) in [5, 5.41) is 1.37. The summed E-state index contributed by atoms with van der Waals surface area (Å²) in [6.07, 6.45) is 0. The van der Waals surface area contributed by atoms with Gasteiger partial charge < -0.3 is 9.64 Å². The Kier molecular flexibility index (Phi) is 5.55. The van der Waals surface area contributed by atoms with Gasteiger partial charge in [0.15, 0.2) is 5.82 Å². The molecular weight excluding hydrogens is 330 g/mol. The molecule has 5 nitrogen and oxygen atoms in total. The van der Waals surface area contributed by atoms with Crippen LogP contribution in [0, 0.1) is 0 Å². The number of rotatable bonds is 6. The Balaban J connectivity index is 2.01. The molecule has 0 aliphatic carbocycles. The van der Waals surface area contributed by atoms with Crippen molar-refractivity contribution < 1.29 is 8.95 Å². The van der Waals surface area contributed by atoms with Crippen LogP contribution < -0.4 is 9.64 Å². The molecule has 0 spiro atoms. The second-order valence-electron chi connectivity index (χ2n) is 4.57. The molecule has 0 bridgehead atoms. The van der Waals surface area contributed by atoms with Crippen molar-refractivity contribution in [2.24, 2.45) is 0 Å². The quantitative estimate of drug-likeness (QED) is 0.805. The van der Waals surface area contributed by atoms with Crippen LogP contribution in [0.1, 0.15) is 11.4 Å². The van der Waals surface area contributed by atoms with Gasteiger partial charge in [-0.3, -0.25) is 4.21 Å². The van der Waals surface area contributed by atoms with Gasteiger partial charge >= 0.3 is 0 Å². The molecule has 1 atom stereocenters. The largest absolute Gasteiger partial charge is 0.497 e. The van der Waals surface area contributed by atoms with E-state index in [0.29, 0.717) is 28.1 Å². The zero-order valence-electron chi connectivity index (χ0n) is 12.0. The second kappa shape index (κ2) is 7.20. The molecule has 1 aromatic carbocycles. The van der Waals surface area contributed by atoms with E-state index in [1.807, 2.05) is 31.1 Å². The lowest BCUT2D eigenvalue weighted by molar-refractivity contribution is 0.414. The predicted molar refractivity (Wildman–Crippen MR) is 87.8 cm³/mol. The molecule has 2 aromatic rings. The Morgan fingerprint density at radius 1 is 1.38 bits per heavy atom. The van der Waals surface area contributed by atoms with Crippen LogP contribution in [0.3, 0.4) is 0 Å². The summed E-state index contributed by atoms with van der Waals surface area (Å²) in [6.45, 7) is 0. The number of halogens is 1. The third-order valence-electron chi connectivity index (χ3n) is 2.71. The summed E-state index contributed by atoms with van der Waals surface area (Å²) < 4.78 is 21.5. The molecule has 1 aromatic heterocycles. The molecule has 2 rings (SSSR count). The van der Waals surface area contributed by atoms with Gasteiger partial charge in [0, 0.05) is 41.5 Å². The summed E-state index contributed by atoms with van der Waals surface area (Å²) in [5.74, 6) is 1.99. The van der Waals surface area contributed by atoms with Crippen molar-refractivity contribution in [1.29, 1.82) is 0 Å². The molecule has 0 aliphatic rings. The maximum Gasteiger partial charge on any atom is 0.204 e. The SMILES string of the molecule is COc1ccc(C[S@](=O)Cc2nsc(N(C)C)n2)c(Cl)c1. The smallest absolute Gasteiger partial charge is 0.204 e. The van der Waals surface area contributed by atoms with Crippen LogP contribution in [0.2, 0.25) is 5.02 Å². The first kappa shape index (κ1) is 16.2. The summed E-state index contributed by atoms with van der Waals surface area (Å²) in [4.78, 5) is 6.21. The maximum absolute atomic E-state index is 12.2. The van der Waals surface area contributed by atoms with Crippen LogP contribution in [0.25, 0.3) is 0 Å². The molecule has 0 amide bonds. The fourth-order valence-electron chi connectivity index (χ4n) is 1.63. The van der Waals surface area contributed by atoms with Gasteiger partial charge in [-0.1, -0.05) is 17.7 Å². The normalized spacial score (nSPS) is 12.2. The zero-order valence-corrected chi connectivity index (χ0v) is 14.4. The molecule has 0 saturated carbocycles. The third kappa shape index (κ3) is 4.39. The lowest BCUT2D eigenvalue weighted by atomic mass is 10.2. The van der Waals surface area contributed by atoms with Gasteiger partial charge in [0.25, 0.3) is 0 Å². The highest BCUT2D eigenvalue weighted by atomic mass is 35.5. The number of benzene rings is 1. The van der Waals surface area contributed by atoms with E-state index in [-0.39, 0.29) is 0 Å². The van der Waals surface area contributed by atoms with Crippen molar-refractivity contribution in [2.45, 2.75) is 11.5 Å². The second-order valence-corrected chi connectivity index (χ2v) is 7.17. The molecule has 0 N–H and O–H groups in total. The Morgan fingerprint density at radius 3 is 2.71 bits per heavy atom. The van der Waals surface area contributed by atoms with Crippen molar-refractivity contribution in [2.75, 3.05) is 26.1 Å². The standard InChI is InChI=1S/C13H16ClN3O2S2/c1-17(2)13-15-12(16-20-13)8-21(18)7-9-4-5-10(19-3)6-11(9)14/h4-6H,7-8H2,1-3H3/t21-/m0/s1. The lowest BCUT2D eigenvalue weighted by Gasteiger charge is -2.06. The van der Waals surface area contributed by atoms with Crippen molar-refractivity contribution in [3.05, 3.63) is 34.6 Å². The predicted octanol–water partition coefficient (Wildman–Crippen LogP) is 2.72. The molecule has 21 heavy (non-hydrogen) atoms. The highest BCUT2D eigenvalue weighted by molar-refractivity contribution is 7.83. The average Bonchev–Trinajstić information content (AvgIpc) is 2.89. The topological polar surface area (TPSA) is 55.3 Å². The Labute approximate surface area is 135 Å². The highest BCUT2D eigenvalue weighted by Gasteiger charge is 2.12. The van der Waals surface area contributed by atoms with Crippen LogP contribution in [0.5, 0.6) is 5.75 Å². The monoisotopic (exact) mass is 345 g/mol. The summed E-state index contributed by atoms with van der Waals surface area (Å²) in [7, 11) is 4.28. The molecule has 0 unspecified atom stereocenters. The number of nitrogens with zero attached hydrogens (tertiary/aromatic N) is 3. The van der Waals surface area contributed by atoms with E-state index in [0.717, 1.165) is 10.7 Å². The van der Waals surface area contributed by atoms with E-state index in [2.05, 4.69) is 9.36 Å². The van der Waals surface area contributed by atoms with E-state index in [9.17, 15) is 4.21 Å². The van der Waals surface area contributed by atoms with Crippen molar-refractivity contribution >= 4 is 39.1 Å². The molecule has 1 heterocycles. The fraction of sp³-hybridized carbons (Fsp3) is 0.385. The molecular formula is C13H16ClN3O2S2. The first-order valence-corrected chi connectivity index (χ1v) is 8.81. The number of hydrogen-bond acceptors (Lipinski definition) is 6. The molecule has 0 radical (unpaired) electrons. The zero-order chi connectivity index (χ0) is 15.4. The van der Waals surface area contributed by atoms with Crippen LogP contribution in [-0.2, 0) is 22.3 Å². The minimum atomic E-state index is -1.10. The number of aromatic nitrogens is 2. The van der Waals surface area contributed by atoms with Gasteiger partial charge in [-0.25, -0.2) is 4.98 Å². The summed E-state index contributed by atoms with van der Waals surface area (Å²) in [5.41, 5.74) is 0.832.